The zero-order valence-electron chi connectivity index (χ0n) is 16.0. The van der Waals surface area contributed by atoms with Crippen LogP contribution in [0.25, 0.3) is 0 Å². The first kappa shape index (κ1) is 21.3. The summed E-state index contributed by atoms with van der Waals surface area (Å²) in [5.74, 6) is 0.274. The highest BCUT2D eigenvalue weighted by Crippen LogP contribution is 2.37. The van der Waals surface area contributed by atoms with Gasteiger partial charge in [-0.1, -0.05) is 25.4 Å². The molecule has 8 heteroatoms. The molecule has 1 unspecified atom stereocenters. The van der Waals surface area contributed by atoms with Crippen LogP contribution in [0.3, 0.4) is 0 Å². The number of carbonyl (C=O) groups is 2. The van der Waals surface area contributed by atoms with E-state index in [0.717, 1.165) is 12.8 Å². The number of halogens is 1. The fraction of sp³-hybridized carbons (Fsp3) is 0.579. The Morgan fingerprint density at radius 2 is 2.11 bits per heavy atom. The van der Waals surface area contributed by atoms with E-state index < -0.39 is 5.91 Å². The first-order valence-electron chi connectivity index (χ1n) is 9.01. The molecule has 0 spiro atoms. The van der Waals surface area contributed by atoms with Crippen LogP contribution in [-0.2, 0) is 9.53 Å². The Morgan fingerprint density at radius 1 is 1.37 bits per heavy atom. The predicted octanol–water partition coefficient (Wildman–Crippen LogP) is 2.49. The number of hydrogen-bond acceptors (Lipinski definition) is 5. The highest BCUT2D eigenvalue weighted by Gasteiger charge is 2.28. The van der Waals surface area contributed by atoms with Gasteiger partial charge in [-0.05, 0) is 30.9 Å². The maximum absolute atomic E-state index is 12.8. The van der Waals surface area contributed by atoms with E-state index in [1.165, 1.54) is 13.2 Å². The van der Waals surface area contributed by atoms with Crippen LogP contribution in [-0.4, -0.2) is 56.2 Å². The molecule has 0 saturated carbocycles. The molecule has 0 aliphatic carbocycles. The van der Waals surface area contributed by atoms with Gasteiger partial charge in [0.1, 0.15) is 0 Å². The quantitative estimate of drug-likeness (QED) is 0.690. The maximum atomic E-state index is 12.8. The van der Waals surface area contributed by atoms with Gasteiger partial charge in [0.15, 0.2) is 18.1 Å². The number of nitrogens with two attached hydrogens (primary N) is 1. The third-order valence-corrected chi connectivity index (χ3v) is 4.60. The molecule has 1 fully saturated rings. The lowest BCUT2D eigenvalue weighted by atomic mass is 10.1. The molecule has 150 valence electrons. The summed E-state index contributed by atoms with van der Waals surface area (Å²) in [6, 6.07) is 3.06. The van der Waals surface area contributed by atoms with E-state index in [2.05, 4.69) is 13.8 Å². The summed E-state index contributed by atoms with van der Waals surface area (Å²) in [6.07, 6.45) is 1.88. The van der Waals surface area contributed by atoms with E-state index in [4.69, 9.17) is 31.5 Å². The molecule has 27 heavy (non-hydrogen) atoms. The molecule has 0 bridgehead atoms. The lowest BCUT2D eigenvalue weighted by Crippen LogP contribution is -2.30. The fourth-order valence-electron chi connectivity index (χ4n) is 2.83. The Morgan fingerprint density at radius 3 is 2.74 bits per heavy atom. The Kier molecular flexibility index (Phi) is 7.74. The highest BCUT2D eigenvalue weighted by atomic mass is 35.5. The molecule has 2 N–H and O–H groups in total. The van der Waals surface area contributed by atoms with Crippen LogP contribution in [0.5, 0.6) is 11.5 Å². The highest BCUT2D eigenvalue weighted by molar-refractivity contribution is 6.32. The number of likely N-dealkylation sites (tertiary alicyclic amines) is 1. The number of hydrogen-bond donors (Lipinski definition) is 1. The molecule has 2 amide bonds. The zero-order chi connectivity index (χ0) is 20.0. The Labute approximate surface area is 164 Å². The van der Waals surface area contributed by atoms with Crippen molar-refractivity contribution in [2.24, 2.45) is 11.7 Å². The minimum absolute atomic E-state index is 0.0586. The maximum Gasteiger partial charge on any atom is 0.255 e. The van der Waals surface area contributed by atoms with E-state index in [1.54, 1.807) is 11.0 Å². The van der Waals surface area contributed by atoms with Crippen molar-refractivity contribution in [2.45, 2.75) is 32.8 Å². The van der Waals surface area contributed by atoms with Crippen LogP contribution in [0.2, 0.25) is 5.02 Å². The van der Waals surface area contributed by atoms with Gasteiger partial charge in [-0.3, -0.25) is 9.59 Å². The largest absolute Gasteiger partial charge is 0.493 e. The van der Waals surface area contributed by atoms with E-state index in [0.29, 0.717) is 31.2 Å². The summed E-state index contributed by atoms with van der Waals surface area (Å²) in [4.78, 5) is 25.5. The van der Waals surface area contributed by atoms with E-state index in [1.807, 2.05) is 0 Å². The molecule has 1 atom stereocenters. The van der Waals surface area contributed by atoms with Gasteiger partial charge in [0, 0.05) is 25.3 Å². The van der Waals surface area contributed by atoms with Crippen LogP contribution in [0.4, 0.5) is 0 Å². The van der Waals surface area contributed by atoms with E-state index in [9.17, 15) is 9.59 Å². The summed E-state index contributed by atoms with van der Waals surface area (Å²) >= 11 is 6.22. The molecule has 1 aromatic carbocycles. The summed E-state index contributed by atoms with van der Waals surface area (Å²) in [7, 11) is 1.44. The van der Waals surface area contributed by atoms with Gasteiger partial charge in [-0.25, -0.2) is 0 Å². The van der Waals surface area contributed by atoms with Gasteiger partial charge in [-0.2, -0.15) is 0 Å². The molecule has 1 heterocycles. The number of primary amides is 1. The molecule has 1 saturated heterocycles. The second-order valence-corrected chi connectivity index (χ2v) is 7.37. The molecule has 1 aliphatic heterocycles. The smallest absolute Gasteiger partial charge is 0.255 e. The zero-order valence-corrected chi connectivity index (χ0v) is 16.8. The van der Waals surface area contributed by atoms with Crippen LogP contribution in [0.15, 0.2) is 12.1 Å². The molecular formula is C19H27ClN2O5. The van der Waals surface area contributed by atoms with Crippen LogP contribution in [0, 0.1) is 5.92 Å². The van der Waals surface area contributed by atoms with Gasteiger partial charge >= 0.3 is 0 Å². The standard InChI is InChI=1S/C19H27ClN2O5/c1-12(2)5-7-26-14-4-6-22(10-14)19(24)13-8-15(20)18(16(9-13)25-3)27-11-17(21)23/h8-9,12,14H,4-7,10-11H2,1-3H3,(H2,21,23). The summed E-state index contributed by atoms with van der Waals surface area (Å²) in [5.41, 5.74) is 5.48. The first-order valence-corrected chi connectivity index (χ1v) is 9.39. The number of rotatable bonds is 9. The monoisotopic (exact) mass is 398 g/mol. The number of ether oxygens (including phenoxy) is 3. The number of carbonyl (C=O) groups excluding carboxylic acids is 2. The minimum Gasteiger partial charge on any atom is -0.493 e. The molecular weight excluding hydrogens is 372 g/mol. The lowest BCUT2D eigenvalue weighted by Gasteiger charge is -2.19. The van der Waals surface area contributed by atoms with Crippen molar-refractivity contribution in [2.75, 3.05) is 33.4 Å². The molecule has 0 radical (unpaired) electrons. The first-order chi connectivity index (χ1) is 12.8. The van der Waals surface area contributed by atoms with Crippen LogP contribution in [0.1, 0.15) is 37.0 Å². The second-order valence-electron chi connectivity index (χ2n) is 6.96. The number of benzene rings is 1. The van der Waals surface area contributed by atoms with Crippen LogP contribution >= 0.6 is 11.6 Å². The van der Waals surface area contributed by atoms with E-state index in [-0.39, 0.29) is 35.1 Å². The van der Waals surface area contributed by atoms with Crippen molar-refractivity contribution in [3.63, 3.8) is 0 Å². The van der Waals surface area contributed by atoms with Crippen molar-refractivity contribution in [1.82, 2.24) is 4.90 Å². The SMILES string of the molecule is COc1cc(C(=O)N2CCC(OCCC(C)C)C2)cc(Cl)c1OCC(N)=O. The Balaban J connectivity index is 2.04. The fourth-order valence-corrected chi connectivity index (χ4v) is 3.09. The summed E-state index contributed by atoms with van der Waals surface area (Å²) in [5, 5.41) is 0.183. The van der Waals surface area contributed by atoms with Crippen LogP contribution < -0.4 is 15.2 Å². The van der Waals surface area contributed by atoms with Crippen molar-refractivity contribution in [3.8, 4) is 11.5 Å². The Bertz CT molecular complexity index is 680. The topological polar surface area (TPSA) is 91.1 Å². The van der Waals surface area contributed by atoms with E-state index >= 15 is 0 Å². The lowest BCUT2D eigenvalue weighted by molar-refractivity contribution is -0.119. The summed E-state index contributed by atoms with van der Waals surface area (Å²) < 4.78 is 16.4. The molecule has 1 aromatic rings. The van der Waals surface area contributed by atoms with Crippen molar-refractivity contribution in [3.05, 3.63) is 22.7 Å². The summed E-state index contributed by atoms with van der Waals surface area (Å²) in [6.45, 7) is 5.87. The minimum atomic E-state index is -0.631. The van der Waals surface area contributed by atoms with Gasteiger partial charge in [0.2, 0.25) is 0 Å². The van der Waals surface area contributed by atoms with Gasteiger partial charge < -0.3 is 24.8 Å². The third kappa shape index (κ3) is 6.01. The van der Waals surface area contributed by atoms with Gasteiger partial charge in [-0.15, -0.1) is 0 Å². The molecule has 7 nitrogen and oxygen atoms in total. The number of methoxy groups -OCH3 is 1. The third-order valence-electron chi connectivity index (χ3n) is 4.32. The van der Waals surface area contributed by atoms with Gasteiger partial charge in [0.25, 0.3) is 11.8 Å². The van der Waals surface area contributed by atoms with Crippen molar-refractivity contribution < 1.29 is 23.8 Å². The normalized spacial score (nSPS) is 16.6. The number of nitrogens with zero attached hydrogens (tertiary/aromatic N) is 1. The average molecular weight is 399 g/mol. The number of amides is 2. The second kappa shape index (κ2) is 9.80. The predicted molar refractivity (Wildman–Crippen MR) is 102 cm³/mol. The Hall–Kier alpha value is -1.99. The average Bonchev–Trinajstić information content (AvgIpc) is 3.07. The molecule has 0 aromatic heterocycles. The molecule has 2 rings (SSSR count). The van der Waals surface area contributed by atoms with Crippen molar-refractivity contribution in [1.29, 1.82) is 0 Å². The van der Waals surface area contributed by atoms with Crippen molar-refractivity contribution >= 4 is 23.4 Å². The van der Waals surface area contributed by atoms with Gasteiger partial charge in [0.05, 0.1) is 18.2 Å². The molecule has 1 aliphatic rings.